The van der Waals surface area contributed by atoms with Gasteiger partial charge in [0, 0.05) is 30.1 Å². The van der Waals surface area contributed by atoms with E-state index < -0.39 is 5.82 Å². The number of aromatic nitrogens is 2. The minimum Gasteiger partial charge on any atom is -0.375 e. The third-order valence-electron chi connectivity index (χ3n) is 5.20. The Labute approximate surface area is 160 Å². The summed E-state index contributed by atoms with van der Waals surface area (Å²) in [6.45, 7) is 1.00. The van der Waals surface area contributed by atoms with Gasteiger partial charge in [0.15, 0.2) is 16.6 Å². The number of nitrogens with two attached hydrogens (primary N) is 1. The van der Waals surface area contributed by atoms with Crippen LogP contribution in [-0.4, -0.2) is 33.9 Å². The van der Waals surface area contributed by atoms with Crippen LogP contribution in [0.25, 0.3) is 0 Å². The fraction of sp³-hybridized carbons (Fsp3) is 0.250. The highest BCUT2D eigenvalue weighted by Gasteiger charge is 2.41. The number of anilines is 1. The zero-order valence-corrected chi connectivity index (χ0v) is 15.5. The minimum absolute atomic E-state index is 0.123. The largest absolute Gasteiger partial charge is 0.375 e. The van der Waals surface area contributed by atoms with E-state index in [0.717, 1.165) is 11.3 Å². The molecular formula is C20H19FN4OS. The van der Waals surface area contributed by atoms with Crippen LogP contribution in [0, 0.1) is 5.82 Å². The molecule has 0 saturated carbocycles. The molecule has 1 aliphatic heterocycles. The number of rotatable bonds is 3. The van der Waals surface area contributed by atoms with E-state index in [2.05, 4.69) is 22.1 Å². The molecule has 0 aliphatic carbocycles. The van der Waals surface area contributed by atoms with Crippen molar-refractivity contribution in [2.75, 3.05) is 18.8 Å². The Hall–Kier alpha value is -2.80. The number of thiazole rings is 1. The van der Waals surface area contributed by atoms with E-state index in [9.17, 15) is 9.18 Å². The lowest BCUT2D eigenvalue weighted by Gasteiger charge is -2.41. The standard InChI is InChI=1S/C20H19FN4OS/c21-15-7-4-10-23-17(15)18(26)25-11-8-20(9-12-25,14-5-2-1-3-6-14)16-13-27-19(22)24-16/h1-7,10,13H,8-9,11-12H2,(H2,22,24). The molecule has 3 aromatic rings. The molecule has 4 rings (SSSR count). The summed E-state index contributed by atoms with van der Waals surface area (Å²) in [7, 11) is 0. The van der Waals surface area contributed by atoms with Crippen molar-refractivity contribution in [3.63, 3.8) is 0 Å². The van der Waals surface area contributed by atoms with Gasteiger partial charge in [-0.05, 0) is 30.5 Å². The lowest BCUT2D eigenvalue weighted by molar-refractivity contribution is 0.0673. The van der Waals surface area contributed by atoms with Crippen LogP contribution in [0.1, 0.15) is 34.6 Å². The molecule has 27 heavy (non-hydrogen) atoms. The number of hydrogen-bond donors (Lipinski definition) is 1. The van der Waals surface area contributed by atoms with Crippen LogP contribution >= 0.6 is 11.3 Å². The number of carbonyl (C=O) groups excluding carboxylic acids is 1. The van der Waals surface area contributed by atoms with E-state index >= 15 is 0 Å². The minimum atomic E-state index is -0.588. The van der Waals surface area contributed by atoms with Crippen molar-refractivity contribution in [1.29, 1.82) is 0 Å². The molecule has 1 aliphatic rings. The molecule has 0 bridgehead atoms. The molecule has 1 amide bonds. The number of nitrogen functional groups attached to an aromatic ring is 1. The van der Waals surface area contributed by atoms with E-state index in [1.165, 1.54) is 29.7 Å². The number of benzene rings is 1. The van der Waals surface area contributed by atoms with Crippen LogP contribution in [-0.2, 0) is 5.41 Å². The van der Waals surface area contributed by atoms with Gasteiger partial charge < -0.3 is 10.6 Å². The maximum Gasteiger partial charge on any atom is 0.275 e. The Kier molecular flexibility index (Phi) is 4.61. The van der Waals surface area contributed by atoms with Gasteiger partial charge in [-0.25, -0.2) is 14.4 Å². The molecule has 7 heteroatoms. The number of amides is 1. The summed E-state index contributed by atoms with van der Waals surface area (Å²) in [6, 6.07) is 12.9. The fourth-order valence-electron chi connectivity index (χ4n) is 3.74. The Morgan fingerprint density at radius 3 is 2.52 bits per heavy atom. The highest BCUT2D eigenvalue weighted by Crippen LogP contribution is 2.42. The second kappa shape index (κ2) is 7.08. The average molecular weight is 382 g/mol. The Morgan fingerprint density at radius 1 is 1.15 bits per heavy atom. The molecule has 138 valence electrons. The van der Waals surface area contributed by atoms with E-state index in [4.69, 9.17) is 5.73 Å². The van der Waals surface area contributed by atoms with Gasteiger partial charge >= 0.3 is 0 Å². The smallest absolute Gasteiger partial charge is 0.275 e. The fourth-order valence-corrected chi connectivity index (χ4v) is 4.40. The number of likely N-dealkylation sites (tertiary alicyclic amines) is 1. The van der Waals surface area contributed by atoms with Crippen LogP contribution in [0.2, 0.25) is 0 Å². The summed E-state index contributed by atoms with van der Waals surface area (Å²) >= 11 is 1.42. The maximum atomic E-state index is 13.9. The first-order chi connectivity index (χ1) is 13.1. The van der Waals surface area contributed by atoms with E-state index in [-0.39, 0.29) is 17.0 Å². The monoisotopic (exact) mass is 382 g/mol. The average Bonchev–Trinajstić information content (AvgIpc) is 3.15. The molecule has 2 N–H and O–H groups in total. The first-order valence-electron chi connectivity index (χ1n) is 8.77. The van der Waals surface area contributed by atoms with Crippen molar-refractivity contribution in [2.24, 2.45) is 0 Å². The first kappa shape index (κ1) is 17.6. The van der Waals surface area contributed by atoms with Gasteiger partial charge in [-0.1, -0.05) is 30.3 Å². The molecule has 1 fully saturated rings. The SMILES string of the molecule is Nc1nc(C2(c3ccccc3)CCN(C(=O)c3ncccc3F)CC2)cs1. The van der Waals surface area contributed by atoms with Crippen LogP contribution in [0.5, 0.6) is 0 Å². The van der Waals surface area contributed by atoms with Gasteiger partial charge in [-0.2, -0.15) is 0 Å². The molecule has 0 radical (unpaired) electrons. The predicted octanol–water partition coefficient (Wildman–Crippen LogP) is 3.48. The third kappa shape index (κ3) is 3.19. The first-order valence-corrected chi connectivity index (χ1v) is 9.65. The van der Waals surface area contributed by atoms with Crippen molar-refractivity contribution in [2.45, 2.75) is 18.3 Å². The third-order valence-corrected chi connectivity index (χ3v) is 5.88. The lowest BCUT2D eigenvalue weighted by atomic mass is 9.70. The summed E-state index contributed by atoms with van der Waals surface area (Å²) in [5, 5.41) is 2.53. The van der Waals surface area contributed by atoms with Crippen molar-refractivity contribution in [3.8, 4) is 0 Å². The van der Waals surface area contributed by atoms with E-state index in [1.54, 1.807) is 4.90 Å². The predicted molar refractivity (Wildman–Crippen MR) is 103 cm³/mol. The quantitative estimate of drug-likeness (QED) is 0.753. The summed E-state index contributed by atoms with van der Waals surface area (Å²) in [6.07, 6.45) is 2.83. The number of hydrogen-bond acceptors (Lipinski definition) is 5. The Bertz CT molecular complexity index is 951. The number of piperidine rings is 1. The molecule has 1 saturated heterocycles. The second-order valence-corrected chi connectivity index (χ2v) is 7.53. The van der Waals surface area contributed by atoms with E-state index in [0.29, 0.717) is 31.1 Å². The van der Waals surface area contributed by atoms with Crippen molar-refractivity contribution < 1.29 is 9.18 Å². The maximum absolute atomic E-state index is 13.9. The molecule has 0 unspecified atom stereocenters. The number of pyridine rings is 1. The number of halogens is 1. The Morgan fingerprint density at radius 2 is 1.89 bits per heavy atom. The highest BCUT2D eigenvalue weighted by molar-refractivity contribution is 7.13. The van der Waals surface area contributed by atoms with Gasteiger partial charge in [-0.3, -0.25) is 4.79 Å². The molecular weight excluding hydrogens is 363 g/mol. The van der Waals surface area contributed by atoms with Gasteiger partial charge in [0.1, 0.15) is 0 Å². The molecule has 2 aromatic heterocycles. The zero-order valence-electron chi connectivity index (χ0n) is 14.6. The zero-order chi connectivity index (χ0) is 18.9. The number of carbonyl (C=O) groups is 1. The molecule has 0 spiro atoms. The summed E-state index contributed by atoms with van der Waals surface area (Å²) in [4.78, 5) is 22.8. The molecule has 1 aromatic carbocycles. The van der Waals surface area contributed by atoms with Gasteiger partial charge in [0.2, 0.25) is 0 Å². The van der Waals surface area contributed by atoms with E-state index in [1.807, 2.05) is 23.6 Å². The van der Waals surface area contributed by atoms with Gasteiger partial charge in [0.25, 0.3) is 5.91 Å². The molecule has 5 nitrogen and oxygen atoms in total. The van der Waals surface area contributed by atoms with Crippen LogP contribution in [0.3, 0.4) is 0 Å². The Balaban J connectivity index is 1.62. The molecule has 0 atom stereocenters. The van der Waals surface area contributed by atoms with Crippen LogP contribution < -0.4 is 5.73 Å². The summed E-state index contributed by atoms with van der Waals surface area (Å²) in [5.74, 6) is -0.956. The second-order valence-electron chi connectivity index (χ2n) is 6.65. The number of nitrogens with zero attached hydrogens (tertiary/aromatic N) is 3. The summed E-state index contributed by atoms with van der Waals surface area (Å²) < 4.78 is 13.9. The molecule has 3 heterocycles. The normalized spacial score (nSPS) is 16.3. The lowest BCUT2D eigenvalue weighted by Crippen LogP contribution is -2.46. The van der Waals surface area contributed by atoms with Gasteiger partial charge in [-0.15, -0.1) is 11.3 Å². The van der Waals surface area contributed by atoms with Crippen molar-refractivity contribution in [3.05, 3.63) is 76.8 Å². The highest BCUT2D eigenvalue weighted by atomic mass is 32.1. The van der Waals surface area contributed by atoms with Crippen LogP contribution in [0.15, 0.2) is 54.0 Å². The van der Waals surface area contributed by atoms with Crippen LogP contribution in [0.4, 0.5) is 9.52 Å². The summed E-state index contributed by atoms with van der Waals surface area (Å²) in [5.41, 5.74) is 7.56. The van der Waals surface area contributed by atoms with Gasteiger partial charge in [0.05, 0.1) is 5.69 Å². The van der Waals surface area contributed by atoms with Crippen molar-refractivity contribution in [1.82, 2.24) is 14.9 Å². The topological polar surface area (TPSA) is 72.1 Å². The van der Waals surface area contributed by atoms with Crippen molar-refractivity contribution >= 4 is 22.4 Å².